The van der Waals surface area contributed by atoms with E-state index in [1.165, 1.54) is 12.1 Å². The van der Waals surface area contributed by atoms with Gasteiger partial charge in [-0.25, -0.2) is 4.39 Å². The van der Waals surface area contributed by atoms with Crippen LogP contribution in [0.3, 0.4) is 0 Å². The number of anilines is 1. The largest absolute Gasteiger partial charge is 0.468 e. The Balaban J connectivity index is 1.86. The Labute approximate surface area is 109 Å². The molecule has 1 aromatic carbocycles. The monoisotopic (exact) mass is 260 g/mol. The van der Waals surface area contributed by atoms with Crippen molar-refractivity contribution in [1.29, 1.82) is 0 Å². The average Bonchev–Trinajstić information content (AvgIpc) is 2.99. The molecular formula is C14H13FN2O2. The highest BCUT2D eigenvalue weighted by Crippen LogP contribution is 2.32. The van der Waals surface area contributed by atoms with Gasteiger partial charge in [0.05, 0.1) is 12.3 Å². The fourth-order valence-corrected chi connectivity index (χ4v) is 2.27. The lowest BCUT2D eigenvalue weighted by atomic mass is 10.1. The van der Waals surface area contributed by atoms with Crippen molar-refractivity contribution in [3.63, 3.8) is 0 Å². The van der Waals surface area contributed by atoms with Gasteiger partial charge in [0.1, 0.15) is 17.6 Å². The van der Waals surface area contributed by atoms with Gasteiger partial charge in [0.2, 0.25) is 5.91 Å². The molecule has 0 fully saturated rings. The topological polar surface area (TPSA) is 54.3 Å². The molecule has 2 N–H and O–H groups in total. The van der Waals surface area contributed by atoms with Gasteiger partial charge in [0, 0.05) is 11.3 Å². The summed E-state index contributed by atoms with van der Waals surface area (Å²) >= 11 is 0. The standard InChI is InChI=1S/C14H13FN2O2/c1-8(12-3-2-6-19-12)16-13-10-7-9(15)4-5-11(10)17-14(13)18/h2-8,13,16H,1H3,(H,17,18). The van der Waals surface area contributed by atoms with Crippen LogP contribution in [0.2, 0.25) is 0 Å². The highest BCUT2D eigenvalue weighted by atomic mass is 19.1. The van der Waals surface area contributed by atoms with E-state index < -0.39 is 6.04 Å². The SMILES string of the molecule is CC(NC1C(=O)Nc2ccc(F)cc21)c1ccco1. The maximum Gasteiger partial charge on any atom is 0.246 e. The molecule has 1 aromatic heterocycles. The Morgan fingerprint density at radius 2 is 2.26 bits per heavy atom. The summed E-state index contributed by atoms with van der Waals surface area (Å²) in [4.78, 5) is 11.9. The molecule has 0 saturated heterocycles. The lowest BCUT2D eigenvalue weighted by Crippen LogP contribution is -2.29. The van der Waals surface area contributed by atoms with Crippen LogP contribution in [0.5, 0.6) is 0 Å². The van der Waals surface area contributed by atoms with Crippen LogP contribution >= 0.6 is 0 Å². The molecule has 0 saturated carbocycles. The number of hydrogen-bond acceptors (Lipinski definition) is 3. The van der Waals surface area contributed by atoms with Crippen LogP contribution in [0.4, 0.5) is 10.1 Å². The van der Waals surface area contributed by atoms with E-state index >= 15 is 0 Å². The number of rotatable bonds is 3. The Bertz CT molecular complexity index is 610. The molecule has 1 aliphatic rings. The molecule has 98 valence electrons. The highest BCUT2D eigenvalue weighted by molar-refractivity contribution is 6.02. The van der Waals surface area contributed by atoms with Crippen LogP contribution in [0.25, 0.3) is 0 Å². The highest BCUT2D eigenvalue weighted by Gasteiger charge is 2.32. The maximum absolute atomic E-state index is 13.3. The zero-order chi connectivity index (χ0) is 13.4. The van der Waals surface area contributed by atoms with Crippen molar-refractivity contribution in [3.8, 4) is 0 Å². The minimum atomic E-state index is -0.564. The molecule has 19 heavy (non-hydrogen) atoms. The molecule has 3 rings (SSSR count). The van der Waals surface area contributed by atoms with E-state index in [-0.39, 0.29) is 17.8 Å². The van der Waals surface area contributed by atoms with Gasteiger partial charge in [-0.2, -0.15) is 0 Å². The van der Waals surface area contributed by atoms with Crippen LogP contribution in [0.15, 0.2) is 41.0 Å². The Hall–Kier alpha value is -2.14. The summed E-state index contributed by atoms with van der Waals surface area (Å²) in [6.07, 6.45) is 1.58. The molecule has 2 atom stereocenters. The van der Waals surface area contributed by atoms with Crippen molar-refractivity contribution in [1.82, 2.24) is 5.32 Å². The van der Waals surface area contributed by atoms with Crippen LogP contribution in [-0.4, -0.2) is 5.91 Å². The summed E-state index contributed by atoms with van der Waals surface area (Å²) in [6, 6.07) is 7.19. The van der Waals surface area contributed by atoms with Gasteiger partial charge in [-0.1, -0.05) is 0 Å². The summed E-state index contributed by atoms with van der Waals surface area (Å²) in [7, 11) is 0. The smallest absolute Gasteiger partial charge is 0.246 e. The van der Waals surface area contributed by atoms with E-state index in [2.05, 4.69) is 10.6 Å². The van der Waals surface area contributed by atoms with Gasteiger partial charge in [0.15, 0.2) is 0 Å². The molecule has 0 bridgehead atoms. The van der Waals surface area contributed by atoms with Crippen LogP contribution in [0, 0.1) is 5.82 Å². The van der Waals surface area contributed by atoms with E-state index in [1.54, 1.807) is 18.4 Å². The van der Waals surface area contributed by atoms with Crippen molar-refractivity contribution in [2.45, 2.75) is 19.0 Å². The number of carbonyl (C=O) groups is 1. The number of amides is 1. The van der Waals surface area contributed by atoms with E-state index in [0.29, 0.717) is 11.3 Å². The molecule has 5 heteroatoms. The molecular weight excluding hydrogens is 247 g/mol. The lowest BCUT2D eigenvalue weighted by Gasteiger charge is -2.16. The maximum atomic E-state index is 13.3. The summed E-state index contributed by atoms with van der Waals surface area (Å²) in [5, 5.41) is 5.87. The third-order valence-corrected chi connectivity index (χ3v) is 3.23. The molecule has 2 heterocycles. The minimum Gasteiger partial charge on any atom is -0.468 e. The fraction of sp³-hybridized carbons (Fsp3) is 0.214. The third-order valence-electron chi connectivity index (χ3n) is 3.23. The predicted molar refractivity (Wildman–Crippen MR) is 68.0 cm³/mol. The second-order valence-electron chi connectivity index (χ2n) is 4.56. The molecule has 0 spiro atoms. The van der Waals surface area contributed by atoms with Crippen molar-refractivity contribution in [3.05, 3.63) is 53.7 Å². The molecule has 4 nitrogen and oxygen atoms in total. The zero-order valence-corrected chi connectivity index (χ0v) is 10.3. The van der Waals surface area contributed by atoms with Gasteiger partial charge in [-0.05, 0) is 37.3 Å². The molecule has 0 radical (unpaired) electrons. The number of furan rings is 1. The van der Waals surface area contributed by atoms with Crippen molar-refractivity contribution < 1.29 is 13.6 Å². The molecule has 1 aliphatic heterocycles. The zero-order valence-electron chi connectivity index (χ0n) is 10.3. The molecule has 2 aromatic rings. The van der Waals surface area contributed by atoms with Gasteiger partial charge < -0.3 is 9.73 Å². The van der Waals surface area contributed by atoms with Crippen LogP contribution in [-0.2, 0) is 4.79 Å². The van der Waals surface area contributed by atoms with E-state index in [4.69, 9.17) is 4.42 Å². The Kier molecular flexibility index (Phi) is 2.83. The van der Waals surface area contributed by atoms with Gasteiger partial charge in [0.25, 0.3) is 0 Å². The van der Waals surface area contributed by atoms with E-state index in [1.807, 2.05) is 13.0 Å². The third kappa shape index (κ3) is 2.13. The second-order valence-corrected chi connectivity index (χ2v) is 4.56. The summed E-state index contributed by atoms with van der Waals surface area (Å²) in [5.74, 6) is 0.198. The molecule has 2 unspecified atom stereocenters. The number of hydrogen-bond donors (Lipinski definition) is 2. The summed E-state index contributed by atoms with van der Waals surface area (Å²) < 4.78 is 18.6. The lowest BCUT2D eigenvalue weighted by molar-refractivity contribution is -0.117. The van der Waals surface area contributed by atoms with Gasteiger partial charge >= 0.3 is 0 Å². The predicted octanol–water partition coefficient (Wildman–Crippen LogP) is 2.76. The Morgan fingerprint density at radius 1 is 1.42 bits per heavy atom. The number of fused-ring (bicyclic) bond motifs is 1. The van der Waals surface area contributed by atoms with Crippen LogP contribution in [0.1, 0.15) is 30.3 Å². The summed E-state index contributed by atoms with van der Waals surface area (Å²) in [6.45, 7) is 1.89. The molecule has 1 amide bonds. The normalized spacial score (nSPS) is 19.1. The first kappa shape index (κ1) is 11.9. The first-order valence-electron chi connectivity index (χ1n) is 6.05. The Morgan fingerprint density at radius 3 is 3.00 bits per heavy atom. The number of carbonyl (C=O) groups excluding carboxylic acids is 1. The quantitative estimate of drug-likeness (QED) is 0.892. The first-order valence-corrected chi connectivity index (χ1v) is 6.05. The van der Waals surface area contributed by atoms with Gasteiger partial charge in [-0.3, -0.25) is 10.1 Å². The van der Waals surface area contributed by atoms with Gasteiger partial charge in [-0.15, -0.1) is 0 Å². The first-order chi connectivity index (χ1) is 9.15. The second kappa shape index (κ2) is 4.51. The summed E-state index contributed by atoms with van der Waals surface area (Å²) in [5.41, 5.74) is 1.28. The number of benzene rings is 1. The van der Waals surface area contributed by atoms with Crippen LogP contribution < -0.4 is 10.6 Å². The average molecular weight is 260 g/mol. The molecule has 0 aliphatic carbocycles. The van der Waals surface area contributed by atoms with E-state index in [0.717, 1.165) is 5.76 Å². The fourth-order valence-electron chi connectivity index (χ4n) is 2.27. The van der Waals surface area contributed by atoms with Crippen molar-refractivity contribution in [2.75, 3.05) is 5.32 Å². The number of nitrogens with one attached hydrogen (secondary N) is 2. The van der Waals surface area contributed by atoms with Crippen molar-refractivity contribution >= 4 is 11.6 Å². The van der Waals surface area contributed by atoms with E-state index in [9.17, 15) is 9.18 Å². The van der Waals surface area contributed by atoms with Crippen molar-refractivity contribution in [2.24, 2.45) is 0 Å². The minimum absolute atomic E-state index is 0.139. The number of halogens is 1.